The molecule has 0 radical (unpaired) electrons. The Balaban J connectivity index is 1.90. The van der Waals surface area contributed by atoms with Gasteiger partial charge in [0.1, 0.15) is 17.4 Å². The summed E-state index contributed by atoms with van der Waals surface area (Å²) < 4.78 is 20.9. The largest absolute Gasteiger partial charge is 0.496 e. The number of nitrogens with zero attached hydrogens (tertiary/aromatic N) is 2. The molecule has 1 aliphatic rings. The maximum Gasteiger partial charge on any atom is 0.131 e. The van der Waals surface area contributed by atoms with Gasteiger partial charge in [0.05, 0.1) is 13.7 Å². The monoisotopic (exact) mass is 390 g/mol. The quantitative estimate of drug-likeness (QED) is 0.768. The van der Waals surface area contributed by atoms with Crippen LogP contribution < -0.4 is 4.74 Å². The number of hydrogen-bond donors (Lipinski definition) is 0. The Morgan fingerprint density at radius 2 is 2.08 bits per heavy atom. The van der Waals surface area contributed by atoms with Crippen LogP contribution in [0.5, 0.6) is 5.75 Å². The summed E-state index contributed by atoms with van der Waals surface area (Å²) in [5.41, 5.74) is 2.67. The maximum absolute atomic E-state index is 14.5. The van der Waals surface area contributed by atoms with Gasteiger partial charge in [0.15, 0.2) is 0 Å². The van der Waals surface area contributed by atoms with Crippen LogP contribution in [0, 0.1) is 5.82 Å². The second-order valence-corrected chi connectivity index (χ2v) is 6.76. The van der Waals surface area contributed by atoms with Crippen molar-refractivity contribution in [3.8, 4) is 5.75 Å². The Morgan fingerprint density at radius 3 is 2.79 bits per heavy atom. The van der Waals surface area contributed by atoms with Crippen molar-refractivity contribution in [2.24, 2.45) is 4.99 Å². The highest BCUT2D eigenvalue weighted by molar-refractivity contribution is 9.10. The van der Waals surface area contributed by atoms with Gasteiger partial charge in [-0.2, -0.15) is 0 Å². The fourth-order valence-corrected chi connectivity index (χ4v) is 3.46. The number of methoxy groups -OCH3 is 1. The molecule has 0 saturated carbocycles. The Bertz CT molecular complexity index is 776. The van der Waals surface area contributed by atoms with Crippen LogP contribution in [-0.4, -0.2) is 38.0 Å². The van der Waals surface area contributed by atoms with Crippen LogP contribution in [0.3, 0.4) is 0 Å². The van der Waals surface area contributed by atoms with Gasteiger partial charge in [-0.25, -0.2) is 4.39 Å². The first-order chi connectivity index (χ1) is 11.6. The van der Waals surface area contributed by atoms with E-state index in [0.29, 0.717) is 18.4 Å². The molecule has 3 rings (SSSR count). The highest BCUT2D eigenvalue weighted by Gasteiger charge is 2.20. The standard InChI is InChI=1S/C19H20BrFN2O/c1-23-11-10-22-19(23)16-4-3-5-17(21)15(16)8-6-13-12-14(20)7-9-18(13)24-2/h3-5,7,9,12H,6,8,10-11H2,1-2H3. The Kier molecular flexibility index (Phi) is 5.19. The number of benzene rings is 2. The van der Waals surface area contributed by atoms with Crippen molar-refractivity contribution < 1.29 is 9.13 Å². The summed E-state index contributed by atoms with van der Waals surface area (Å²) in [6.45, 7) is 1.64. The van der Waals surface area contributed by atoms with E-state index in [0.717, 1.165) is 40.3 Å². The molecule has 0 aromatic heterocycles. The summed E-state index contributed by atoms with van der Waals surface area (Å²) in [4.78, 5) is 6.62. The van der Waals surface area contributed by atoms with E-state index < -0.39 is 0 Å². The number of ether oxygens (including phenoxy) is 1. The van der Waals surface area contributed by atoms with Gasteiger partial charge >= 0.3 is 0 Å². The molecule has 0 bridgehead atoms. The summed E-state index contributed by atoms with van der Waals surface area (Å²) in [6, 6.07) is 11.1. The number of likely N-dealkylation sites (N-methyl/N-ethyl adjacent to an activating group) is 1. The summed E-state index contributed by atoms with van der Waals surface area (Å²) in [7, 11) is 3.65. The topological polar surface area (TPSA) is 24.8 Å². The van der Waals surface area contributed by atoms with Gasteiger partial charge < -0.3 is 9.64 Å². The average Bonchev–Trinajstić information content (AvgIpc) is 2.99. The van der Waals surface area contributed by atoms with E-state index in [1.165, 1.54) is 6.07 Å². The second-order valence-electron chi connectivity index (χ2n) is 5.85. The van der Waals surface area contributed by atoms with Gasteiger partial charge in [0, 0.05) is 23.6 Å². The molecule has 0 fully saturated rings. The van der Waals surface area contributed by atoms with Crippen molar-refractivity contribution in [3.63, 3.8) is 0 Å². The van der Waals surface area contributed by atoms with Crippen molar-refractivity contribution in [3.05, 3.63) is 63.4 Å². The minimum atomic E-state index is -0.176. The Morgan fingerprint density at radius 1 is 1.25 bits per heavy atom. The van der Waals surface area contributed by atoms with Crippen LogP contribution in [0.25, 0.3) is 0 Å². The molecular formula is C19H20BrFN2O. The summed E-state index contributed by atoms with van der Waals surface area (Å²) in [5.74, 6) is 1.53. The molecule has 0 unspecified atom stereocenters. The number of hydrogen-bond acceptors (Lipinski definition) is 3. The molecule has 0 aliphatic carbocycles. The third kappa shape index (κ3) is 3.46. The number of aliphatic imine (C=N–C) groups is 1. The van der Waals surface area contributed by atoms with Crippen molar-refractivity contribution >= 4 is 21.8 Å². The number of halogens is 2. The van der Waals surface area contributed by atoms with Crippen LogP contribution in [0.15, 0.2) is 45.9 Å². The molecule has 0 amide bonds. The fraction of sp³-hybridized carbons (Fsp3) is 0.316. The lowest BCUT2D eigenvalue weighted by Gasteiger charge is -2.18. The zero-order valence-electron chi connectivity index (χ0n) is 13.9. The third-order valence-corrected chi connectivity index (χ3v) is 4.80. The van der Waals surface area contributed by atoms with Gasteiger partial charge in [-0.05, 0) is 48.2 Å². The van der Waals surface area contributed by atoms with Crippen LogP contribution in [0.2, 0.25) is 0 Å². The number of aryl methyl sites for hydroxylation is 1. The minimum Gasteiger partial charge on any atom is -0.496 e. The zero-order chi connectivity index (χ0) is 17.1. The maximum atomic E-state index is 14.5. The molecule has 0 atom stereocenters. The van der Waals surface area contributed by atoms with Gasteiger partial charge in [0.2, 0.25) is 0 Å². The van der Waals surface area contributed by atoms with Crippen LogP contribution in [0.4, 0.5) is 4.39 Å². The first-order valence-electron chi connectivity index (χ1n) is 7.96. The van der Waals surface area contributed by atoms with E-state index in [1.54, 1.807) is 13.2 Å². The SMILES string of the molecule is COc1ccc(Br)cc1CCc1c(F)cccc1C1=NCCN1C. The van der Waals surface area contributed by atoms with Crippen molar-refractivity contribution in [2.45, 2.75) is 12.8 Å². The van der Waals surface area contributed by atoms with E-state index in [-0.39, 0.29) is 5.82 Å². The molecular weight excluding hydrogens is 371 g/mol. The lowest BCUT2D eigenvalue weighted by atomic mass is 9.98. The molecule has 1 aliphatic heterocycles. The minimum absolute atomic E-state index is 0.176. The van der Waals surface area contributed by atoms with E-state index in [1.807, 2.05) is 31.3 Å². The molecule has 3 nitrogen and oxygen atoms in total. The normalized spacial score (nSPS) is 14.0. The van der Waals surface area contributed by atoms with Crippen LogP contribution in [-0.2, 0) is 12.8 Å². The lowest BCUT2D eigenvalue weighted by molar-refractivity contribution is 0.409. The van der Waals surface area contributed by atoms with Gasteiger partial charge in [-0.1, -0.05) is 28.1 Å². The molecule has 0 N–H and O–H groups in total. The van der Waals surface area contributed by atoms with Crippen LogP contribution in [0.1, 0.15) is 16.7 Å². The summed E-state index contributed by atoms with van der Waals surface area (Å²) in [5, 5.41) is 0. The molecule has 0 spiro atoms. The lowest BCUT2D eigenvalue weighted by Crippen LogP contribution is -2.25. The predicted molar refractivity (Wildman–Crippen MR) is 98.5 cm³/mol. The fourth-order valence-electron chi connectivity index (χ4n) is 3.05. The highest BCUT2D eigenvalue weighted by Crippen LogP contribution is 2.26. The number of rotatable bonds is 5. The average molecular weight is 391 g/mol. The molecule has 24 heavy (non-hydrogen) atoms. The molecule has 2 aromatic carbocycles. The number of amidine groups is 1. The molecule has 0 saturated heterocycles. The van der Waals surface area contributed by atoms with Crippen molar-refractivity contribution in [1.82, 2.24) is 4.90 Å². The Hall–Kier alpha value is -1.88. The second kappa shape index (κ2) is 7.34. The van der Waals surface area contributed by atoms with Gasteiger partial charge in [-0.3, -0.25) is 4.99 Å². The van der Waals surface area contributed by atoms with E-state index >= 15 is 0 Å². The van der Waals surface area contributed by atoms with Crippen molar-refractivity contribution in [2.75, 3.05) is 27.2 Å². The van der Waals surface area contributed by atoms with Crippen molar-refractivity contribution in [1.29, 1.82) is 0 Å². The highest BCUT2D eigenvalue weighted by atomic mass is 79.9. The van der Waals surface area contributed by atoms with Gasteiger partial charge in [-0.15, -0.1) is 0 Å². The third-order valence-electron chi connectivity index (χ3n) is 4.31. The molecule has 5 heteroatoms. The first-order valence-corrected chi connectivity index (χ1v) is 8.75. The van der Waals surface area contributed by atoms with Crippen LogP contribution >= 0.6 is 15.9 Å². The van der Waals surface area contributed by atoms with E-state index in [2.05, 4.69) is 25.8 Å². The zero-order valence-corrected chi connectivity index (χ0v) is 15.4. The first kappa shape index (κ1) is 17.0. The molecule has 1 heterocycles. The summed E-state index contributed by atoms with van der Waals surface area (Å²) >= 11 is 3.49. The smallest absolute Gasteiger partial charge is 0.131 e. The molecule has 2 aromatic rings. The Labute approximate surface area is 150 Å². The van der Waals surface area contributed by atoms with Gasteiger partial charge in [0.25, 0.3) is 0 Å². The molecule has 126 valence electrons. The van der Waals surface area contributed by atoms with E-state index in [9.17, 15) is 4.39 Å². The van der Waals surface area contributed by atoms with E-state index in [4.69, 9.17) is 4.74 Å². The predicted octanol–water partition coefficient (Wildman–Crippen LogP) is 4.07. The summed E-state index contributed by atoms with van der Waals surface area (Å²) in [6.07, 6.45) is 1.30.